The summed E-state index contributed by atoms with van der Waals surface area (Å²) in [6.07, 6.45) is 0.803. The van der Waals surface area contributed by atoms with Crippen molar-refractivity contribution in [2.45, 2.75) is 40.7 Å². The molecule has 0 bridgehead atoms. The van der Waals surface area contributed by atoms with Crippen LogP contribution in [0.5, 0.6) is 17.2 Å². The number of benzene rings is 3. The maximum absolute atomic E-state index is 15.1. The average molecular weight is 573 g/mol. The lowest BCUT2D eigenvalue weighted by Gasteiger charge is -2.16. The number of halogens is 1. The highest BCUT2D eigenvalue weighted by atomic mass is 19.1. The van der Waals surface area contributed by atoms with Crippen LogP contribution in [0.1, 0.15) is 39.7 Å². The second-order valence-corrected chi connectivity index (χ2v) is 9.74. The molecule has 0 saturated heterocycles. The third-order valence-corrected chi connectivity index (χ3v) is 5.88. The molecule has 0 aliphatic rings. The second kappa shape index (κ2) is 14.2. The summed E-state index contributed by atoms with van der Waals surface area (Å²) in [7, 11) is 0. The molecular formula is C34H33FO7. The standard InChI is InChI=1S/C34H33FO7/c1-8-15-39-19-25-16-23(28-13-11-26(18-29(28)35)40-32(36)20(2)3)9-12-27(25)24-10-14-30(41-33(37)21(4)5)31(17-24)42-34(38)22(6)7/h9-14,16-18H,2,4,6,8,15,19H2,1,3,5,7H3. The van der Waals surface area contributed by atoms with E-state index < -0.39 is 23.7 Å². The molecule has 0 heterocycles. The number of carbonyl (C=O) groups excluding carboxylic acids is 3. The first-order valence-electron chi connectivity index (χ1n) is 13.2. The van der Waals surface area contributed by atoms with Gasteiger partial charge in [-0.25, -0.2) is 18.8 Å². The molecule has 8 heteroatoms. The molecule has 3 rings (SSSR count). The fourth-order valence-electron chi connectivity index (χ4n) is 3.69. The number of ether oxygens (including phenoxy) is 4. The largest absolute Gasteiger partial charge is 0.423 e. The molecule has 42 heavy (non-hydrogen) atoms. The van der Waals surface area contributed by atoms with E-state index in [0.717, 1.165) is 23.6 Å². The third kappa shape index (κ3) is 8.11. The Bertz CT molecular complexity index is 1570. The normalized spacial score (nSPS) is 10.5. The summed E-state index contributed by atoms with van der Waals surface area (Å²) in [5.74, 6) is -2.45. The SMILES string of the molecule is C=C(C)C(=O)Oc1ccc(-c2ccc(-c3ccc(OC(=O)C(=C)C)c(OC(=O)C(=C)C)c3)c(COCCC)c2)c(F)c1. The van der Waals surface area contributed by atoms with Crippen molar-refractivity contribution < 1.29 is 37.7 Å². The first kappa shape index (κ1) is 31.7. The van der Waals surface area contributed by atoms with Gasteiger partial charge in [0.15, 0.2) is 11.5 Å². The Labute approximate surface area is 244 Å². The Morgan fingerprint density at radius 3 is 1.83 bits per heavy atom. The molecule has 0 aliphatic heterocycles. The van der Waals surface area contributed by atoms with Gasteiger partial charge in [0.2, 0.25) is 0 Å². The maximum Gasteiger partial charge on any atom is 0.338 e. The zero-order valence-electron chi connectivity index (χ0n) is 24.2. The number of hydrogen-bond donors (Lipinski definition) is 0. The van der Waals surface area contributed by atoms with E-state index in [1.54, 1.807) is 30.3 Å². The van der Waals surface area contributed by atoms with Crippen molar-refractivity contribution in [1.29, 1.82) is 0 Å². The zero-order valence-corrected chi connectivity index (χ0v) is 24.2. The van der Waals surface area contributed by atoms with Gasteiger partial charge in [0, 0.05) is 35.0 Å². The van der Waals surface area contributed by atoms with Crippen LogP contribution in [0.15, 0.2) is 91.1 Å². The summed E-state index contributed by atoms with van der Waals surface area (Å²) in [6.45, 7) is 18.0. The Morgan fingerprint density at radius 1 is 0.690 bits per heavy atom. The Hall–Kier alpha value is -4.82. The van der Waals surface area contributed by atoms with Gasteiger partial charge in [0.05, 0.1) is 6.61 Å². The molecule has 0 aliphatic carbocycles. The van der Waals surface area contributed by atoms with Crippen molar-refractivity contribution in [3.05, 3.63) is 102 Å². The van der Waals surface area contributed by atoms with Gasteiger partial charge in [0.1, 0.15) is 11.6 Å². The predicted molar refractivity (Wildman–Crippen MR) is 159 cm³/mol. The molecule has 0 N–H and O–H groups in total. The van der Waals surface area contributed by atoms with Gasteiger partial charge in [-0.15, -0.1) is 0 Å². The Balaban J connectivity index is 2.06. The van der Waals surface area contributed by atoms with E-state index in [9.17, 15) is 14.4 Å². The van der Waals surface area contributed by atoms with Crippen LogP contribution in [0.2, 0.25) is 0 Å². The molecule has 3 aromatic rings. The molecule has 0 radical (unpaired) electrons. The van der Waals surface area contributed by atoms with Crippen LogP contribution in [-0.2, 0) is 25.7 Å². The topological polar surface area (TPSA) is 88.1 Å². The minimum Gasteiger partial charge on any atom is -0.423 e. The lowest BCUT2D eigenvalue weighted by Crippen LogP contribution is -2.13. The van der Waals surface area contributed by atoms with Crippen LogP contribution in [0, 0.1) is 5.82 Å². The summed E-state index contributed by atoms with van der Waals surface area (Å²) >= 11 is 0. The van der Waals surface area contributed by atoms with E-state index >= 15 is 4.39 Å². The molecule has 0 fully saturated rings. The molecular weight excluding hydrogens is 539 g/mol. The van der Waals surface area contributed by atoms with E-state index in [0.29, 0.717) is 23.3 Å². The van der Waals surface area contributed by atoms with Crippen LogP contribution < -0.4 is 14.2 Å². The predicted octanol–water partition coefficient (Wildman–Crippen LogP) is 7.53. The van der Waals surface area contributed by atoms with Gasteiger partial charge >= 0.3 is 17.9 Å². The smallest absolute Gasteiger partial charge is 0.338 e. The molecule has 0 spiro atoms. The van der Waals surface area contributed by atoms with Crippen molar-refractivity contribution in [3.63, 3.8) is 0 Å². The molecule has 3 aromatic carbocycles. The average Bonchev–Trinajstić information content (AvgIpc) is 2.94. The number of esters is 3. The quantitative estimate of drug-likeness (QED) is 0.0959. The molecule has 0 amide bonds. The number of carbonyl (C=O) groups is 3. The number of hydrogen-bond acceptors (Lipinski definition) is 7. The lowest BCUT2D eigenvalue weighted by molar-refractivity contribution is -0.132. The molecule has 0 aromatic heterocycles. The highest BCUT2D eigenvalue weighted by Gasteiger charge is 2.18. The van der Waals surface area contributed by atoms with Crippen molar-refractivity contribution in [1.82, 2.24) is 0 Å². The molecule has 7 nitrogen and oxygen atoms in total. The highest BCUT2D eigenvalue weighted by molar-refractivity contribution is 5.92. The number of rotatable bonds is 12. The van der Waals surface area contributed by atoms with Crippen molar-refractivity contribution in [2.75, 3.05) is 6.61 Å². The minimum absolute atomic E-state index is 0.0190. The molecule has 0 unspecified atom stereocenters. The summed E-state index contributed by atoms with van der Waals surface area (Å²) in [4.78, 5) is 36.4. The van der Waals surface area contributed by atoms with E-state index in [1.807, 2.05) is 6.92 Å². The van der Waals surface area contributed by atoms with Crippen LogP contribution in [0.3, 0.4) is 0 Å². The van der Waals surface area contributed by atoms with Gasteiger partial charge in [-0.05, 0) is 79.8 Å². The zero-order chi connectivity index (χ0) is 31.0. The summed E-state index contributed by atoms with van der Waals surface area (Å²) < 4.78 is 37.0. The first-order valence-corrected chi connectivity index (χ1v) is 13.2. The fourth-order valence-corrected chi connectivity index (χ4v) is 3.69. The first-order chi connectivity index (χ1) is 19.9. The van der Waals surface area contributed by atoms with Crippen LogP contribution in [-0.4, -0.2) is 24.5 Å². The van der Waals surface area contributed by atoms with Crippen molar-refractivity contribution >= 4 is 17.9 Å². The molecule has 0 atom stereocenters. The molecule has 0 saturated carbocycles. The van der Waals surface area contributed by atoms with Crippen LogP contribution in [0.25, 0.3) is 22.3 Å². The van der Waals surface area contributed by atoms with E-state index in [-0.39, 0.29) is 40.6 Å². The van der Waals surface area contributed by atoms with Gasteiger partial charge in [-0.3, -0.25) is 0 Å². The Morgan fingerprint density at radius 2 is 1.24 bits per heavy atom. The van der Waals surface area contributed by atoms with Crippen molar-refractivity contribution in [3.8, 4) is 39.5 Å². The monoisotopic (exact) mass is 572 g/mol. The Kier molecular flexibility index (Phi) is 10.7. The minimum atomic E-state index is -0.686. The van der Waals surface area contributed by atoms with E-state index in [4.69, 9.17) is 18.9 Å². The van der Waals surface area contributed by atoms with Gasteiger partial charge in [0.25, 0.3) is 0 Å². The third-order valence-electron chi connectivity index (χ3n) is 5.88. The van der Waals surface area contributed by atoms with E-state index in [1.165, 1.54) is 39.0 Å². The van der Waals surface area contributed by atoms with Gasteiger partial charge in [-0.2, -0.15) is 0 Å². The van der Waals surface area contributed by atoms with Crippen molar-refractivity contribution in [2.24, 2.45) is 0 Å². The van der Waals surface area contributed by atoms with Gasteiger partial charge in [-0.1, -0.05) is 44.9 Å². The summed E-state index contributed by atoms with van der Waals surface area (Å²) in [5.41, 5.74) is 3.52. The molecule has 218 valence electrons. The fraction of sp³-hybridized carbons (Fsp3) is 0.206. The van der Waals surface area contributed by atoms with Gasteiger partial charge < -0.3 is 18.9 Å². The maximum atomic E-state index is 15.1. The summed E-state index contributed by atoms with van der Waals surface area (Å²) in [6, 6.07) is 14.3. The van der Waals surface area contributed by atoms with Crippen LogP contribution >= 0.6 is 0 Å². The second-order valence-electron chi connectivity index (χ2n) is 9.74. The summed E-state index contributed by atoms with van der Waals surface area (Å²) in [5, 5.41) is 0. The van der Waals surface area contributed by atoms with E-state index in [2.05, 4.69) is 19.7 Å². The highest BCUT2D eigenvalue weighted by Crippen LogP contribution is 2.37. The lowest BCUT2D eigenvalue weighted by atomic mass is 9.94. The van der Waals surface area contributed by atoms with Crippen LogP contribution in [0.4, 0.5) is 4.39 Å².